The molecular formula is C20H34O2. The van der Waals surface area contributed by atoms with Crippen LogP contribution in [0, 0.1) is 34.0 Å². The molecule has 0 aromatic rings. The molecule has 0 aromatic carbocycles. The van der Waals surface area contributed by atoms with E-state index in [2.05, 4.69) is 20.8 Å². The Hall–Kier alpha value is -0.0800. The Morgan fingerprint density at radius 1 is 0.955 bits per heavy atom. The third-order valence-electron chi connectivity index (χ3n) is 9.03. The molecule has 2 heteroatoms. The van der Waals surface area contributed by atoms with E-state index in [0.717, 1.165) is 12.3 Å². The van der Waals surface area contributed by atoms with Gasteiger partial charge >= 0.3 is 0 Å². The minimum Gasteiger partial charge on any atom is -0.396 e. The topological polar surface area (TPSA) is 40.5 Å². The Balaban J connectivity index is 1.73. The molecular weight excluding hydrogens is 272 g/mol. The average molecular weight is 306 g/mol. The van der Waals surface area contributed by atoms with Gasteiger partial charge in [-0.15, -0.1) is 0 Å². The molecule has 5 aliphatic carbocycles. The molecule has 7 atom stereocenters. The molecule has 5 rings (SSSR count). The minimum atomic E-state index is -0.424. The fourth-order valence-corrected chi connectivity index (χ4v) is 8.01. The van der Waals surface area contributed by atoms with Crippen LogP contribution >= 0.6 is 0 Å². The number of aliphatic hydroxyl groups is 2. The van der Waals surface area contributed by atoms with Gasteiger partial charge in [0.15, 0.2) is 0 Å². The van der Waals surface area contributed by atoms with E-state index in [1.165, 1.54) is 51.4 Å². The van der Waals surface area contributed by atoms with Crippen LogP contribution in [0.2, 0.25) is 0 Å². The Morgan fingerprint density at radius 2 is 1.68 bits per heavy atom. The highest BCUT2D eigenvalue weighted by atomic mass is 16.3. The second-order valence-electron chi connectivity index (χ2n) is 10.2. The molecule has 5 aliphatic rings. The highest BCUT2D eigenvalue weighted by molar-refractivity contribution is 5.15. The van der Waals surface area contributed by atoms with Gasteiger partial charge in [0.05, 0.1) is 5.60 Å². The van der Waals surface area contributed by atoms with E-state index >= 15 is 0 Å². The van der Waals surface area contributed by atoms with Crippen LogP contribution in [0.25, 0.3) is 0 Å². The summed E-state index contributed by atoms with van der Waals surface area (Å²) in [5, 5.41) is 21.0. The van der Waals surface area contributed by atoms with E-state index in [0.29, 0.717) is 29.3 Å². The summed E-state index contributed by atoms with van der Waals surface area (Å²) in [7, 11) is 0. The first kappa shape index (κ1) is 15.4. The van der Waals surface area contributed by atoms with Crippen molar-refractivity contribution in [3.05, 3.63) is 0 Å². The van der Waals surface area contributed by atoms with Gasteiger partial charge in [-0.05, 0) is 92.3 Å². The molecule has 0 unspecified atom stereocenters. The predicted octanol–water partition coefficient (Wildman–Crippen LogP) is 4.14. The second kappa shape index (κ2) is 4.51. The van der Waals surface area contributed by atoms with E-state index < -0.39 is 5.60 Å². The number of aliphatic hydroxyl groups excluding tert-OH is 1. The second-order valence-corrected chi connectivity index (χ2v) is 10.2. The smallest absolute Gasteiger partial charge is 0.0653 e. The summed E-state index contributed by atoms with van der Waals surface area (Å²) in [6.07, 6.45) is 11.2. The van der Waals surface area contributed by atoms with E-state index in [1.54, 1.807) is 0 Å². The number of hydrogen-bond donors (Lipinski definition) is 2. The molecule has 0 radical (unpaired) electrons. The van der Waals surface area contributed by atoms with E-state index in [4.69, 9.17) is 0 Å². The SMILES string of the molecule is C[C@]1(CO)CCC[C@]2(C)[C@@H]1CC[C@@]13CC[C@@H](C[C@H]12)[C@@](C)(O)C3. The Labute approximate surface area is 135 Å². The lowest BCUT2D eigenvalue weighted by molar-refractivity contribution is -0.234. The Kier molecular flexibility index (Phi) is 3.16. The maximum absolute atomic E-state index is 10.9. The zero-order valence-electron chi connectivity index (χ0n) is 14.7. The summed E-state index contributed by atoms with van der Waals surface area (Å²) in [4.78, 5) is 0. The molecule has 2 bridgehead atoms. The molecule has 2 nitrogen and oxygen atoms in total. The van der Waals surface area contributed by atoms with Crippen LogP contribution < -0.4 is 0 Å². The van der Waals surface area contributed by atoms with Crippen LogP contribution in [0.3, 0.4) is 0 Å². The van der Waals surface area contributed by atoms with Gasteiger partial charge < -0.3 is 10.2 Å². The lowest BCUT2D eigenvalue weighted by Crippen LogP contribution is -2.64. The van der Waals surface area contributed by atoms with Crippen molar-refractivity contribution in [1.29, 1.82) is 0 Å². The quantitative estimate of drug-likeness (QED) is 0.764. The lowest BCUT2D eigenvalue weighted by Gasteiger charge is -2.70. The van der Waals surface area contributed by atoms with Crippen LogP contribution in [0.4, 0.5) is 0 Å². The molecule has 5 fully saturated rings. The van der Waals surface area contributed by atoms with Crippen LogP contribution in [-0.4, -0.2) is 22.4 Å². The average Bonchev–Trinajstić information content (AvgIpc) is 2.45. The first-order chi connectivity index (χ1) is 10.3. The molecule has 22 heavy (non-hydrogen) atoms. The van der Waals surface area contributed by atoms with Crippen LogP contribution in [0.1, 0.15) is 78.6 Å². The largest absolute Gasteiger partial charge is 0.396 e. The summed E-state index contributed by atoms with van der Waals surface area (Å²) < 4.78 is 0. The van der Waals surface area contributed by atoms with Crippen molar-refractivity contribution < 1.29 is 10.2 Å². The molecule has 0 heterocycles. The van der Waals surface area contributed by atoms with Gasteiger partial charge in [-0.1, -0.05) is 20.3 Å². The number of rotatable bonds is 1. The summed E-state index contributed by atoms with van der Waals surface area (Å²) >= 11 is 0. The third kappa shape index (κ3) is 1.80. The molecule has 0 saturated heterocycles. The first-order valence-electron chi connectivity index (χ1n) is 9.59. The highest BCUT2D eigenvalue weighted by Crippen LogP contribution is 2.72. The Morgan fingerprint density at radius 3 is 2.36 bits per heavy atom. The minimum absolute atomic E-state index is 0.133. The molecule has 0 aromatic heterocycles. The zero-order valence-corrected chi connectivity index (χ0v) is 14.7. The van der Waals surface area contributed by atoms with E-state index in [1.807, 2.05) is 0 Å². The van der Waals surface area contributed by atoms with Crippen molar-refractivity contribution in [2.24, 2.45) is 34.0 Å². The van der Waals surface area contributed by atoms with E-state index in [9.17, 15) is 10.2 Å². The first-order valence-corrected chi connectivity index (χ1v) is 9.59. The fraction of sp³-hybridized carbons (Fsp3) is 1.00. The predicted molar refractivity (Wildman–Crippen MR) is 88.4 cm³/mol. The van der Waals surface area contributed by atoms with Crippen LogP contribution in [-0.2, 0) is 0 Å². The summed E-state index contributed by atoms with van der Waals surface area (Å²) in [6, 6.07) is 0. The van der Waals surface area contributed by atoms with Gasteiger partial charge in [-0.3, -0.25) is 0 Å². The monoisotopic (exact) mass is 306 g/mol. The molecule has 1 spiro atoms. The van der Waals surface area contributed by atoms with Gasteiger partial charge in [-0.2, -0.15) is 0 Å². The summed E-state index contributed by atoms with van der Waals surface area (Å²) in [5.74, 6) is 1.97. The van der Waals surface area contributed by atoms with Crippen LogP contribution in [0.5, 0.6) is 0 Å². The maximum Gasteiger partial charge on any atom is 0.0653 e. The van der Waals surface area contributed by atoms with Crippen molar-refractivity contribution in [3.8, 4) is 0 Å². The standard InChI is InChI=1S/C20H34O2/c1-17(13-21)7-4-8-18(2)15(17)6-10-20-9-5-14(11-16(18)20)19(3,22)12-20/h14-16,21-22H,4-13H2,1-3H3/t14-,15+,16-,17+,18+,19-,20+/m0/s1. The highest BCUT2D eigenvalue weighted by Gasteiger charge is 2.66. The van der Waals surface area contributed by atoms with Crippen molar-refractivity contribution in [3.63, 3.8) is 0 Å². The number of hydrogen-bond acceptors (Lipinski definition) is 2. The molecule has 0 amide bonds. The molecule has 126 valence electrons. The van der Waals surface area contributed by atoms with Crippen molar-refractivity contribution >= 4 is 0 Å². The maximum atomic E-state index is 10.9. The van der Waals surface area contributed by atoms with Gasteiger partial charge in [0.25, 0.3) is 0 Å². The van der Waals surface area contributed by atoms with Gasteiger partial charge in [0.2, 0.25) is 0 Å². The molecule has 5 saturated carbocycles. The molecule has 0 aliphatic heterocycles. The van der Waals surface area contributed by atoms with Crippen molar-refractivity contribution in [1.82, 2.24) is 0 Å². The van der Waals surface area contributed by atoms with Crippen molar-refractivity contribution in [2.75, 3.05) is 6.61 Å². The van der Waals surface area contributed by atoms with Crippen LogP contribution in [0.15, 0.2) is 0 Å². The number of fused-ring (bicyclic) bond motifs is 3. The fourth-order valence-electron chi connectivity index (χ4n) is 8.01. The van der Waals surface area contributed by atoms with Gasteiger partial charge in [-0.25, -0.2) is 0 Å². The Bertz CT molecular complexity index is 472. The van der Waals surface area contributed by atoms with E-state index in [-0.39, 0.29) is 5.41 Å². The van der Waals surface area contributed by atoms with Gasteiger partial charge in [0, 0.05) is 6.61 Å². The van der Waals surface area contributed by atoms with Gasteiger partial charge in [0.1, 0.15) is 0 Å². The third-order valence-corrected chi connectivity index (χ3v) is 9.03. The normalized spacial score (nSPS) is 60.7. The van der Waals surface area contributed by atoms with Crippen molar-refractivity contribution in [2.45, 2.75) is 84.2 Å². The summed E-state index contributed by atoms with van der Waals surface area (Å²) in [6.45, 7) is 7.34. The lowest BCUT2D eigenvalue weighted by atomic mass is 9.36. The zero-order chi connectivity index (χ0) is 15.8. The summed E-state index contributed by atoms with van der Waals surface area (Å²) in [5.41, 5.74) is 0.501. The molecule has 2 N–H and O–H groups in total.